The quantitative estimate of drug-likeness (QED) is 0.688. The summed E-state index contributed by atoms with van der Waals surface area (Å²) in [7, 11) is 0. The molecule has 2 heteroatoms. The van der Waals surface area contributed by atoms with Gasteiger partial charge in [0.25, 0.3) is 0 Å². The Morgan fingerprint density at radius 3 is 2.76 bits per heavy atom. The van der Waals surface area contributed by atoms with E-state index < -0.39 is 0 Å². The van der Waals surface area contributed by atoms with Crippen molar-refractivity contribution in [2.75, 3.05) is 0 Å². The van der Waals surface area contributed by atoms with Gasteiger partial charge in [0.05, 0.1) is 0 Å². The van der Waals surface area contributed by atoms with Crippen LogP contribution in [-0.2, 0) is 4.79 Å². The van der Waals surface area contributed by atoms with Gasteiger partial charge in [-0.1, -0.05) is 25.5 Å². The summed E-state index contributed by atoms with van der Waals surface area (Å²) in [6, 6.07) is 0.412. The third-order valence-corrected chi connectivity index (χ3v) is 8.01. The smallest absolute Gasteiger partial charge is 0.136 e. The molecule has 2 N–H and O–H groups in total. The summed E-state index contributed by atoms with van der Waals surface area (Å²) in [5.74, 6) is 2.90. The van der Waals surface area contributed by atoms with E-state index in [1.165, 1.54) is 37.7 Å². The van der Waals surface area contributed by atoms with Crippen LogP contribution in [0.25, 0.3) is 0 Å². The molecule has 0 amide bonds. The molecule has 4 aliphatic rings. The first-order valence-corrected chi connectivity index (χ1v) is 8.92. The van der Waals surface area contributed by atoms with E-state index in [0.29, 0.717) is 22.7 Å². The minimum Gasteiger partial charge on any atom is -0.327 e. The average molecular weight is 287 g/mol. The van der Waals surface area contributed by atoms with Gasteiger partial charge in [-0.25, -0.2) is 0 Å². The Hall–Kier alpha value is -0.630. The minimum absolute atomic E-state index is 0.310. The fourth-order valence-electron chi connectivity index (χ4n) is 6.52. The fourth-order valence-corrected chi connectivity index (χ4v) is 6.52. The number of rotatable bonds is 0. The van der Waals surface area contributed by atoms with Gasteiger partial charge in [0.1, 0.15) is 5.78 Å². The largest absolute Gasteiger partial charge is 0.327 e. The van der Waals surface area contributed by atoms with Crippen molar-refractivity contribution < 1.29 is 4.79 Å². The molecule has 4 rings (SSSR count). The van der Waals surface area contributed by atoms with E-state index in [9.17, 15) is 4.79 Å². The lowest BCUT2D eigenvalue weighted by molar-refractivity contribution is -0.122. The summed E-state index contributed by atoms with van der Waals surface area (Å²) in [5.41, 5.74) is 8.64. The van der Waals surface area contributed by atoms with Crippen molar-refractivity contribution >= 4 is 5.78 Å². The van der Waals surface area contributed by atoms with E-state index in [-0.39, 0.29) is 0 Å². The molecule has 0 saturated heterocycles. The van der Waals surface area contributed by atoms with Crippen LogP contribution in [0.4, 0.5) is 0 Å². The Bertz CT molecular complexity index is 510. The van der Waals surface area contributed by atoms with E-state index in [4.69, 9.17) is 5.73 Å². The SMILES string of the molecule is C[C@]12CC[C@H]3[C@@H](CC=C4CC(=O)CC[C@@]43C)[C@@H]1CC[C@@H]2N. The first kappa shape index (κ1) is 14.0. The van der Waals surface area contributed by atoms with E-state index in [1.807, 2.05) is 0 Å². The van der Waals surface area contributed by atoms with Gasteiger partial charge in [-0.3, -0.25) is 4.79 Å². The molecule has 6 atom stereocenters. The van der Waals surface area contributed by atoms with Crippen LogP contribution in [0.3, 0.4) is 0 Å². The number of carbonyl (C=O) groups is 1. The highest BCUT2D eigenvalue weighted by Gasteiger charge is 2.57. The van der Waals surface area contributed by atoms with E-state index in [1.54, 1.807) is 0 Å². The van der Waals surface area contributed by atoms with E-state index >= 15 is 0 Å². The summed E-state index contributed by atoms with van der Waals surface area (Å²) in [6.07, 6.45) is 11.5. The summed E-state index contributed by atoms with van der Waals surface area (Å²) < 4.78 is 0. The molecule has 0 aliphatic heterocycles. The highest BCUT2D eigenvalue weighted by molar-refractivity contribution is 5.82. The first-order chi connectivity index (χ1) is 9.95. The van der Waals surface area contributed by atoms with Gasteiger partial charge < -0.3 is 5.73 Å². The second-order valence-corrected chi connectivity index (χ2v) is 8.70. The molecule has 4 aliphatic carbocycles. The molecule has 3 saturated carbocycles. The van der Waals surface area contributed by atoms with Gasteiger partial charge in [0.2, 0.25) is 0 Å². The van der Waals surface area contributed by atoms with Crippen LogP contribution in [0.2, 0.25) is 0 Å². The standard InChI is InChI=1S/C19H29NO/c1-18-9-7-13(21)11-12(18)3-4-14-15-5-6-17(20)19(15,2)10-8-16(14)18/h3,14-17H,4-11,20H2,1-2H3/t14-,15-,16-,17-,18-,19-/m0/s1. The molecule has 0 bridgehead atoms. The van der Waals surface area contributed by atoms with Crippen LogP contribution >= 0.6 is 0 Å². The predicted molar refractivity (Wildman–Crippen MR) is 84.7 cm³/mol. The number of fused-ring (bicyclic) bond motifs is 5. The Balaban J connectivity index is 1.69. The summed E-state index contributed by atoms with van der Waals surface area (Å²) in [5, 5.41) is 0. The number of hydrogen-bond donors (Lipinski definition) is 1. The van der Waals surface area contributed by atoms with Crippen molar-refractivity contribution in [1.29, 1.82) is 0 Å². The zero-order chi connectivity index (χ0) is 14.8. The number of nitrogens with two attached hydrogens (primary N) is 1. The van der Waals surface area contributed by atoms with Crippen LogP contribution in [-0.4, -0.2) is 11.8 Å². The molecule has 116 valence electrons. The van der Waals surface area contributed by atoms with E-state index in [0.717, 1.165) is 37.0 Å². The van der Waals surface area contributed by atoms with Crippen LogP contribution in [0, 0.1) is 28.6 Å². The Morgan fingerprint density at radius 2 is 1.95 bits per heavy atom. The molecule has 0 aromatic rings. The maximum absolute atomic E-state index is 11.8. The van der Waals surface area contributed by atoms with Gasteiger partial charge >= 0.3 is 0 Å². The summed E-state index contributed by atoms with van der Waals surface area (Å²) in [4.78, 5) is 11.8. The van der Waals surface area contributed by atoms with Crippen LogP contribution in [0.5, 0.6) is 0 Å². The molecule has 0 aromatic carbocycles. The normalized spacial score (nSPS) is 52.7. The first-order valence-electron chi connectivity index (χ1n) is 8.92. The molecular weight excluding hydrogens is 258 g/mol. The maximum atomic E-state index is 11.8. The highest BCUT2D eigenvalue weighted by Crippen LogP contribution is 2.64. The molecule has 0 unspecified atom stereocenters. The van der Waals surface area contributed by atoms with Crippen molar-refractivity contribution in [2.24, 2.45) is 34.3 Å². The number of ketones is 1. The molecule has 0 aromatic heterocycles. The predicted octanol–water partition coefficient (Wildman–Crippen LogP) is 3.85. The molecule has 0 spiro atoms. The lowest BCUT2D eigenvalue weighted by atomic mass is 9.48. The Kier molecular flexibility index (Phi) is 2.96. The van der Waals surface area contributed by atoms with Gasteiger partial charge in [-0.15, -0.1) is 0 Å². The Morgan fingerprint density at radius 1 is 1.14 bits per heavy atom. The van der Waals surface area contributed by atoms with Crippen molar-refractivity contribution in [2.45, 2.75) is 71.3 Å². The molecule has 0 heterocycles. The van der Waals surface area contributed by atoms with E-state index in [2.05, 4.69) is 19.9 Å². The lowest BCUT2D eigenvalue weighted by Gasteiger charge is -2.57. The van der Waals surface area contributed by atoms with Gasteiger partial charge in [0, 0.05) is 18.9 Å². The van der Waals surface area contributed by atoms with Gasteiger partial charge in [0.15, 0.2) is 0 Å². The van der Waals surface area contributed by atoms with Gasteiger partial charge in [-0.2, -0.15) is 0 Å². The molecular formula is C19H29NO. The van der Waals surface area contributed by atoms with Crippen molar-refractivity contribution in [3.05, 3.63) is 11.6 Å². The zero-order valence-electron chi connectivity index (χ0n) is 13.5. The summed E-state index contributed by atoms with van der Waals surface area (Å²) in [6.45, 7) is 4.91. The average Bonchev–Trinajstić information content (AvgIpc) is 2.76. The summed E-state index contributed by atoms with van der Waals surface area (Å²) >= 11 is 0. The molecule has 3 fully saturated rings. The van der Waals surface area contributed by atoms with Crippen LogP contribution in [0.15, 0.2) is 11.6 Å². The Labute approximate surface area is 128 Å². The van der Waals surface area contributed by atoms with Crippen molar-refractivity contribution in [3.63, 3.8) is 0 Å². The third-order valence-electron chi connectivity index (χ3n) is 8.01. The monoisotopic (exact) mass is 287 g/mol. The fraction of sp³-hybridized carbons (Fsp3) is 0.842. The molecule has 0 radical (unpaired) electrons. The number of carbonyl (C=O) groups excluding carboxylic acids is 1. The van der Waals surface area contributed by atoms with Crippen LogP contribution < -0.4 is 5.73 Å². The number of allylic oxidation sites excluding steroid dienone is 2. The second kappa shape index (κ2) is 4.44. The number of hydrogen-bond acceptors (Lipinski definition) is 2. The van der Waals surface area contributed by atoms with Crippen molar-refractivity contribution in [3.8, 4) is 0 Å². The van der Waals surface area contributed by atoms with Gasteiger partial charge in [-0.05, 0) is 67.1 Å². The zero-order valence-corrected chi connectivity index (χ0v) is 13.5. The topological polar surface area (TPSA) is 43.1 Å². The molecule has 21 heavy (non-hydrogen) atoms. The second-order valence-electron chi connectivity index (χ2n) is 8.70. The van der Waals surface area contributed by atoms with Crippen LogP contribution in [0.1, 0.15) is 65.2 Å². The number of Topliss-reactive ketones (excluding diaryl/α,β-unsaturated/α-hetero) is 1. The highest BCUT2D eigenvalue weighted by atomic mass is 16.1. The third kappa shape index (κ3) is 1.78. The minimum atomic E-state index is 0.310. The van der Waals surface area contributed by atoms with Crippen molar-refractivity contribution in [1.82, 2.24) is 0 Å². The maximum Gasteiger partial charge on any atom is 0.136 e. The molecule has 2 nitrogen and oxygen atoms in total. The lowest BCUT2D eigenvalue weighted by Crippen LogP contribution is -2.52.